The first-order valence-electron chi connectivity index (χ1n) is 6.71. The fraction of sp³-hybridized carbons (Fsp3) is 0.143. The number of hydrogen-bond donors (Lipinski definition) is 1. The molecule has 1 aliphatic rings. The highest BCUT2D eigenvalue weighted by Crippen LogP contribution is 2.24. The minimum absolute atomic E-state index is 0.206. The molecule has 3 aromatic rings. The van der Waals surface area contributed by atoms with Crippen molar-refractivity contribution in [2.75, 3.05) is 11.9 Å². The van der Waals surface area contributed by atoms with Crippen LogP contribution in [0.1, 0.15) is 6.42 Å². The lowest BCUT2D eigenvalue weighted by molar-refractivity contribution is -0.115. The third-order valence-corrected chi connectivity index (χ3v) is 4.06. The summed E-state index contributed by atoms with van der Waals surface area (Å²) in [7, 11) is 0. The maximum absolute atomic E-state index is 12.0. The van der Waals surface area contributed by atoms with Gasteiger partial charge in [0.05, 0.1) is 17.2 Å². The molecule has 4 heterocycles. The number of amides is 1. The molecule has 0 bridgehead atoms. The normalized spacial score (nSPS) is 13.9. The Kier molecular flexibility index (Phi) is 3.08. The van der Waals surface area contributed by atoms with Gasteiger partial charge in [0.25, 0.3) is 17.6 Å². The molecule has 0 radical (unpaired) electrons. The Hall–Kier alpha value is -2.74. The molecular formula is C14H11N5O2S. The summed E-state index contributed by atoms with van der Waals surface area (Å²) < 4.78 is 6.83. The molecule has 22 heavy (non-hydrogen) atoms. The zero-order chi connectivity index (χ0) is 14.9. The van der Waals surface area contributed by atoms with Crippen LogP contribution < -0.4 is 5.32 Å². The van der Waals surface area contributed by atoms with E-state index in [1.165, 1.54) is 0 Å². The quantitative estimate of drug-likeness (QED) is 0.801. The van der Waals surface area contributed by atoms with Crippen molar-refractivity contribution in [2.24, 2.45) is 0 Å². The maximum Gasteiger partial charge on any atom is 0.292 e. The van der Waals surface area contributed by atoms with Crippen LogP contribution in [0.5, 0.6) is 0 Å². The molecule has 4 rings (SSSR count). The molecule has 8 heteroatoms. The number of nitrogens with one attached hydrogen (secondary N) is 1. The second kappa shape index (κ2) is 5.23. The summed E-state index contributed by atoms with van der Waals surface area (Å²) in [6.07, 6.45) is 4.17. The molecule has 1 amide bonds. The van der Waals surface area contributed by atoms with E-state index in [4.69, 9.17) is 4.74 Å². The van der Waals surface area contributed by atoms with Gasteiger partial charge in [0.15, 0.2) is 5.76 Å². The summed E-state index contributed by atoms with van der Waals surface area (Å²) >= 11 is 1.60. The monoisotopic (exact) mass is 313 g/mol. The van der Waals surface area contributed by atoms with Gasteiger partial charge in [-0.15, -0.1) is 16.4 Å². The number of hydrogen-bond acceptors (Lipinski definition) is 6. The summed E-state index contributed by atoms with van der Waals surface area (Å²) in [5.41, 5.74) is 0.879. The van der Waals surface area contributed by atoms with E-state index in [-0.39, 0.29) is 11.9 Å². The lowest BCUT2D eigenvalue weighted by Crippen LogP contribution is -2.15. The molecule has 0 aromatic carbocycles. The number of nitrogens with zero attached hydrogens (tertiary/aromatic N) is 4. The minimum Gasteiger partial charge on any atom is -0.488 e. The summed E-state index contributed by atoms with van der Waals surface area (Å²) in [4.78, 5) is 21.4. The molecule has 3 aromatic heterocycles. The van der Waals surface area contributed by atoms with E-state index in [0.29, 0.717) is 18.1 Å². The van der Waals surface area contributed by atoms with E-state index < -0.39 is 0 Å². The Morgan fingerprint density at radius 1 is 1.41 bits per heavy atom. The highest BCUT2D eigenvalue weighted by atomic mass is 32.1. The second-order valence-electron chi connectivity index (χ2n) is 4.61. The van der Waals surface area contributed by atoms with Crippen LogP contribution in [0.2, 0.25) is 0 Å². The largest absolute Gasteiger partial charge is 0.488 e. The van der Waals surface area contributed by atoms with Crippen LogP contribution in [-0.2, 0) is 9.53 Å². The van der Waals surface area contributed by atoms with Crippen molar-refractivity contribution >= 4 is 29.0 Å². The molecule has 0 fully saturated rings. The zero-order valence-corrected chi connectivity index (χ0v) is 12.2. The van der Waals surface area contributed by atoms with Gasteiger partial charge in [0, 0.05) is 12.6 Å². The lowest BCUT2D eigenvalue weighted by atomic mass is 10.3. The Labute approximate surface area is 129 Å². The van der Waals surface area contributed by atoms with Gasteiger partial charge in [-0.05, 0) is 23.6 Å². The second-order valence-corrected chi connectivity index (χ2v) is 5.56. The van der Waals surface area contributed by atoms with E-state index in [1.54, 1.807) is 28.1 Å². The molecule has 110 valence electrons. The number of anilines is 1. The van der Waals surface area contributed by atoms with Gasteiger partial charge in [-0.2, -0.15) is 9.50 Å². The fourth-order valence-electron chi connectivity index (χ4n) is 2.20. The number of fused-ring (bicyclic) bond motifs is 1. The number of thiophene rings is 1. The van der Waals surface area contributed by atoms with Gasteiger partial charge >= 0.3 is 0 Å². The zero-order valence-electron chi connectivity index (χ0n) is 11.4. The van der Waals surface area contributed by atoms with Crippen LogP contribution in [0.15, 0.2) is 41.6 Å². The molecule has 1 aliphatic heterocycles. The molecule has 0 saturated carbocycles. The van der Waals surface area contributed by atoms with Gasteiger partial charge in [0.2, 0.25) is 0 Å². The minimum atomic E-state index is -0.342. The average Bonchev–Trinajstić information content (AvgIpc) is 3.26. The molecule has 0 atom stereocenters. The van der Waals surface area contributed by atoms with Gasteiger partial charge in [0.1, 0.15) is 0 Å². The van der Waals surface area contributed by atoms with E-state index in [2.05, 4.69) is 20.4 Å². The Morgan fingerprint density at radius 3 is 3.14 bits per heavy atom. The van der Waals surface area contributed by atoms with E-state index in [9.17, 15) is 4.79 Å². The van der Waals surface area contributed by atoms with Crippen molar-refractivity contribution < 1.29 is 9.53 Å². The first-order chi connectivity index (χ1) is 10.8. The topological polar surface area (TPSA) is 81.4 Å². The lowest BCUT2D eigenvalue weighted by Gasteiger charge is -2.01. The number of ether oxygens (including phenoxy) is 1. The summed E-state index contributed by atoms with van der Waals surface area (Å²) in [6, 6.07) is 5.83. The third kappa shape index (κ3) is 2.23. The van der Waals surface area contributed by atoms with Crippen LogP contribution in [0.4, 0.5) is 5.95 Å². The van der Waals surface area contributed by atoms with Crippen molar-refractivity contribution in [2.45, 2.75) is 6.42 Å². The summed E-state index contributed by atoms with van der Waals surface area (Å²) in [6.45, 7) is 0.533. The van der Waals surface area contributed by atoms with Crippen molar-refractivity contribution in [3.05, 3.63) is 41.6 Å². The van der Waals surface area contributed by atoms with Crippen molar-refractivity contribution in [3.8, 4) is 10.6 Å². The van der Waals surface area contributed by atoms with E-state index in [1.807, 2.05) is 23.6 Å². The van der Waals surface area contributed by atoms with Crippen molar-refractivity contribution in [1.29, 1.82) is 0 Å². The van der Waals surface area contributed by atoms with Crippen LogP contribution >= 0.6 is 11.3 Å². The first-order valence-corrected chi connectivity index (χ1v) is 7.59. The number of carbonyl (C=O) groups excluding carboxylic acids is 1. The smallest absolute Gasteiger partial charge is 0.292 e. The SMILES string of the molecule is O=C(Nc1nc2nccc(-c3cccs3)n2n1)C1=CCCO1. The average molecular weight is 313 g/mol. The number of carbonyl (C=O) groups is 1. The van der Waals surface area contributed by atoms with Gasteiger partial charge in [-0.25, -0.2) is 4.98 Å². The fourth-order valence-corrected chi connectivity index (χ4v) is 2.93. The summed E-state index contributed by atoms with van der Waals surface area (Å²) in [5.74, 6) is 0.608. The van der Waals surface area contributed by atoms with Crippen molar-refractivity contribution in [3.63, 3.8) is 0 Å². The molecule has 0 saturated heterocycles. The Morgan fingerprint density at radius 2 is 2.36 bits per heavy atom. The Bertz CT molecular complexity index is 869. The number of rotatable bonds is 3. The highest BCUT2D eigenvalue weighted by Gasteiger charge is 2.18. The Balaban J connectivity index is 1.69. The van der Waals surface area contributed by atoms with E-state index in [0.717, 1.165) is 17.0 Å². The van der Waals surface area contributed by atoms with Crippen LogP contribution in [0.25, 0.3) is 16.3 Å². The summed E-state index contributed by atoms with van der Waals surface area (Å²) in [5, 5.41) is 8.94. The molecule has 0 unspecified atom stereocenters. The first kappa shape index (κ1) is 13.0. The highest BCUT2D eigenvalue weighted by molar-refractivity contribution is 7.13. The molecular weight excluding hydrogens is 302 g/mol. The standard InChI is InChI=1S/C14H11N5O2S/c20-12(10-3-1-7-21-10)16-13-17-14-15-6-5-9(19(14)18-13)11-4-2-8-22-11/h2-6,8H,1,7H2,(H,16,18,20). The molecule has 1 N–H and O–H groups in total. The van der Waals surface area contributed by atoms with Crippen LogP contribution in [-0.4, -0.2) is 32.1 Å². The van der Waals surface area contributed by atoms with Gasteiger partial charge < -0.3 is 4.74 Å². The predicted octanol–water partition coefficient (Wildman–Crippen LogP) is 2.10. The molecule has 0 aliphatic carbocycles. The van der Waals surface area contributed by atoms with Gasteiger partial charge in [-0.1, -0.05) is 6.07 Å². The van der Waals surface area contributed by atoms with Crippen molar-refractivity contribution in [1.82, 2.24) is 19.6 Å². The van der Waals surface area contributed by atoms with Crippen LogP contribution in [0.3, 0.4) is 0 Å². The molecule has 0 spiro atoms. The van der Waals surface area contributed by atoms with Gasteiger partial charge in [-0.3, -0.25) is 10.1 Å². The molecule has 7 nitrogen and oxygen atoms in total. The number of aromatic nitrogens is 4. The predicted molar refractivity (Wildman–Crippen MR) is 81.4 cm³/mol. The van der Waals surface area contributed by atoms with E-state index >= 15 is 0 Å². The third-order valence-electron chi connectivity index (χ3n) is 3.17. The van der Waals surface area contributed by atoms with Crippen LogP contribution in [0, 0.1) is 0 Å². The maximum atomic E-state index is 12.0.